The Morgan fingerprint density at radius 1 is 0.476 bits per heavy atom. The zero-order valence-electron chi connectivity index (χ0n) is 11.5. The molecule has 0 amide bonds. The summed E-state index contributed by atoms with van der Waals surface area (Å²) < 4.78 is 16.7. The van der Waals surface area contributed by atoms with Gasteiger partial charge in [-0.05, 0) is 0 Å². The third-order valence-corrected chi connectivity index (χ3v) is 9.81. The van der Waals surface area contributed by atoms with Crippen molar-refractivity contribution in [2.45, 2.75) is 0 Å². The van der Waals surface area contributed by atoms with Gasteiger partial charge in [0.2, 0.25) is 0 Å². The molecule has 0 aromatic heterocycles. The van der Waals surface area contributed by atoms with Crippen LogP contribution in [-0.4, -0.2) is 19.0 Å². The zero-order chi connectivity index (χ0) is 13.8. The molecule has 0 heterocycles. The molecule has 3 heteroatoms. The van der Waals surface area contributed by atoms with Crippen LogP contribution in [0.1, 0.15) is 0 Å². The van der Waals surface area contributed by atoms with Crippen molar-refractivity contribution in [3.63, 3.8) is 0 Å². The fourth-order valence-corrected chi connectivity index (χ4v) is 7.96. The van der Waals surface area contributed by atoms with Crippen molar-refractivity contribution in [2.75, 3.05) is 0 Å². The molecule has 2 N–H and O–H groups in total. The molecule has 0 bridgehead atoms. The van der Waals surface area contributed by atoms with E-state index in [0.717, 1.165) is 13.1 Å². The summed E-state index contributed by atoms with van der Waals surface area (Å²) in [5.74, 6) is 0. The van der Waals surface area contributed by atoms with Crippen LogP contribution in [0.25, 0.3) is 0 Å². The first-order valence-corrected chi connectivity index (χ1v) is 10.2. The molecule has 3 rings (SSSR count). The number of benzene rings is 3. The van der Waals surface area contributed by atoms with Gasteiger partial charge in [-0.2, -0.15) is 0 Å². The van der Waals surface area contributed by atoms with Crippen molar-refractivity contribution in [1.29, 1.82) is 0 Å². The second-order valence-corrected chi connectivity index (χ2v) is 10.4. The summed E-state index contributed by atoms with van der Waals surface area (Å²) in [5, 5.41) is 0. The molecule has 0 spiro atoms. The normalized spacial score (nSPS) is 10.7. The third-order valence-electron chi connectivity index (χ3n) is 3.36. The first-order chi connectivity index (χ1) is 9.82. The first kappa shape index (κ1) is 15.4. The van der Waals surface area contributed by atoms with Crippen LogP contribution in [0.15, 0.2) is 91.0 Å². The van der Waals surface area contributed by atoms with Gasteiger partial charge in [0, 0.05) is 0 Å². The van der Waals surface area contributed by atoms with E-state index in [-0.39, 0.29) is 5.48 Å². The molecule has 0 radical (unpaired) electrons. The summed E-state index contributed by atoms with van der Waals surface area (Å²) in [4.78, 5) is 0. The molecule has 106 valence electrons. The number of rotatable bonds is 3. The minimum absolute atomic E-state index is 0. The Morgan fingerprint density at radius 2 is 0.714 bits per heavy atom. The molecule has 21 heavy (non-hydrogen) atoms. The molecule has 3 aromatic rings. The molecule has 0 aliphatic heterocycles. The quantitative estimate of drug-likeness (QED) is 0.662. The van der Waals surface area contributed by atoms with Crippen LogP contribution >= 0.6 is 0 Å². The second-order valence-electron chi connectivity index (χ2n) is 4.62. The van der Waals surface area contributed by atoms with Crippen molar-refractivity contribution in [3.8, 4) is 0 Å². The molecule has 2 nitrogen and oxygen atoms in total. The summed E-state index contributed by atoms with van der Waals surface area (Å²) in [6, 6.07) is 29.4. The monoisotopic (exact) mass is 340 g/mol. The van der Waals surface area contributed by atoms with Gasteiger partial charge in [-0.3, -0.25) is 0 Å². The van der Waals surface area contributed by atoms with E-state index in [9.17, 15) is 3.74 Å². The molecular weight excluding hydrogens is 323 g/mol. The standard InChI is InChI=1S/C18H15AsO.H2O/c20-19(16-10-4-1-5-11-16,17-12-6-2-7-13-17)18-14-8-3-9-15-18;/h1-15H;1H2. The van der Waals surface area contributed by atoms with E-state index < -0.39 is 13.5 Å². The Balaban J connectivity index is 0.00000161. The van der Waals surface area contributed by atoms with Gasteiger partial charge in [0.25, 0.3) is 0 Å². The SMILES string of the molecule is O.O=[As](c1ccccc1)(c1ccccc1)c1ccccc1. The van der Waals surface area contributed by atoms with E-state index >= 15 is 0 Å². The van der Waals surface area contributed by atoms with Crippen molar-refractivity contribution >= 4 is 26.5 Å². The Bertz CT molecular complexity index is 622. The van der Waals surface area contributed by atoms with Crippen LogP contribution < -0.4 is 13.1 Å². The van der Waals surface area contributed by atoms with E-state index in [0.29, 0.717) is 0 Å². The van der Waals surface area contributed by atoms with Crippen LogP contribution in [0.4, 0.5) is 0 Å². The molecule has 0 unspecified atom stereocenters. The summed E-state index contributed by atoms with van der Waals surface area (Å²) >= 11 is -3.54. The molecular formula is C18H17AsO2. The molecule has 0 aliphatic carbocycles. The van der Waals surface area contributed by atoms with Crippen molar-refractivity contribution in [2.24, 2.45) is 0 Å². The molecule has 0 saturated heterocycles. The Labute approximate surface area is 127 Å². The van der Waals surface area contributed by atoms with E-state index in [4.69, 9.17) is 0 Å². The van der Waals surface area contributed by atoms with Gasteiger partial charge in [0.15, 0.2) is 0 Å². The van der Waals surface area contributed by atoms with E-state index in [1.165, 1.54) is 0 Å². The van der Waals surface area contributed by atoms with Crippen LogP contribution in [-0.2, 0) is 3.74 Å². The molecule has 0 atom stereocenters. The average molecular weight is 340 g/mol. The van der Waals surface area contributed by atoms with Crippen LogP contribution in [0.2, 0.25) is 0 Å². The van der Waals surface area contributed by atoms with Gasteiger partial charge in [-0.25, -0.2) is 0 Å². The summed E-state index contributed by atoms with van der Waals surface area (Å²) in [5.41, 5.74) is 0. The molecule has 0 fully saturated rings. The van der Waals surface area contributed by atoms with E-state index in [1.54, 1.807) is 0 Å². The van der Waals surface area contributed by atoms with Gasteiger partial charge in [-0.15, -0.1) is 0 Å². The summed E-state index contributed by atoms with van der Waals surface area (Å²) in [6.45, 7) is 0. The topological polar surface area (TPSA) is 48.6 Å². The van der Waals surface area contributed by atoms with Gasteiger partial charge in [-0.1, -0.05) is 0 Å². The average Bonchev–Trinajstić information content (AvgIpc) is 2.56. The van der Waals surface area contributed by atoms with Crippen molar-refractivity contribution in [3.05, 3.63) is 91.0 Å². The maximum atomic E-state index is 13.9. The molecule has 0 aliphatic rings. The van der Waals surface area contributed by atoms with Gasteiger partial charge >= 0.3 is 121 Å². The molecule has 3 aromatic carbocycles. The molecule has 0 saturated carbocycles. The van der Waals surface area contributed by atoms with Gasteiger partial charge in [0.05, 0.1) is 0 Å². The van der Waals surface area contributed by atoms with E-state index in [1.807, 2.05) is 91.0 Å². The predicted octanol–water partition coefficient (Wildman–Crippen LogP) is 1.26. The zero-order valence-corrected chi connectivity index (χ0v) is 13.4. The summed E-state index contributed by atoms with van der Waals surface area (Å²) in [7, 11) is 0. The second kappa shape index (κ2) is 6.62. The van der Waals surface area contributed by atoms with Crippen molar-refractivity contribution < 1.29 is 9.22 Å². The van der Waals surface area contributed by atoms with E-state index in [2.05, 4.69) is 0 Å². The van der Waals surface area contributed by atoms with Crippen LogP contribution in [0.3, 0.4) is 0 Å². The first-order valence-electron chi connectivity index (χ1n) is 6.59. The summed E-state index contributed by atoms with van der Waals surface area (Å²) in [6.07, 6.45) is 0. The fraction of sp³-hybridized carbons (Fsp3) is 0. The maximum absolute atomic E-state index is 13.9. The number of hydrogen-bond acceptors (Lipinski definition) is 1. The third kappa shape index (κ3) is 2.87. The van der Waals surface area contributed by atoms with Crippen molar-refractivity contribution in [1.82, 2.24) is 0 Å². The van der Waals surface area contributed by atoms with Crippen LogP contribution in [0, 0.1) is 0 Å². The Kier molecular flexibility index (Phi) is 4.85. The fourth-order valence-electron chi connectivity index (χ4n) is 2.36. The Hall–Kier alpha value is -2.02. The number of hydrogen-bond donors (Lipinski definition) is 0. The van der Waals surface area contributed by atoms with Crippen LogP contribution in [0.5, 0.6) is 0 Å². The minimum atomic E-state index is -3.54. The van der Waals surface area contributed by atoms with Gasteiger partial charge in [0.1, 0.15) is 0 Å². The Morgan fingerprint density at radius 3 is 0.952 bits per heavy atom. The predicted molar refractivity (Wildman–Crippen MR) is 88.3 cm³/mol. The van der Waals surface area contributed by atoms with Gasteiger partial charge < -0.3 is 5.48 Å².